The number of ether oxygens (including phenoxy) is 1. The molecule has 0 fully saturated rings. The molecule has 0 atom stereocenters. The second kappa shape index (κ2) is 4.15. The van der Waals surface area contributed by atoms with Gasteiger partial charge in [-0.2, -0.15) is 8.78 Å². The Balaban J connectivity index is 2.90. The molecule has 16 heavy (non-hydrogen) atoms. The molecule has 0 aliphatic heterocycles. The van der Waals surface area contributed by atoms with Gasteiger partial charge in [0.05, 0.1) is 5.56 Å². The highest BCUT2D eigenvalue weighted by Crippen LogP contribution is 2.30. The molecule has 0 spiro atoms. The van der Waals surface area contributed by atoms with E-state index in [-0.39, 0.29) is 0 Å². The zero-order valence-corrected chi connectivity index (χ0v) is 9.33. The van der Waals surface area contributed by atoms with E-state index in [1.165, 1.54) is 33.0 Å². The number of hydrogen-bond donors (Lipinski definition) is 0. The van der Waals surface area contributed by atoms with Crippen molar-refractivity contribution in [2.75, 3.05) is 0 Å². The number of carbonyl (C=O) groups is 1. The molecule has 5 heteroatoms. The van der Waals surface area contributed by atoms with Crippen molar-refractivity contribution in [1.82, 2.24) is 4.98 Å². The van der Waals surface area contributed by atoms with E-state index in [1.807, 2.05) is 0 Å². The smallest absolute Gasteiger partial charge is 0.382 e. The Bertz CT molecular complexity index is 371. The Morgan fingerprint density at radius 1 is 1.38 bits per heavy atom. The summed E-state index contributed by atoms with van der Waals surface area (Å²) in [4.78, 5) is 14.8. The summed E-state index contributed by atoms with van der Waals surface area (Å²) in [6.07, 6.45) is 2.30. The van der Waals surface area contributed by atoms with Gasteiger partial charge in [0.1, 0.15) is 5.60 Å². The molecular weight excluding hydrogens is 216 g/mol. The molecule has 1 aromatic heterocycles. The Kier molecular flexibility index (Phi) is 3.26. The molecule has 0 saturated carbocycles. The maximum atomic E-state index is 13.6. The van der Waals surface area contributed by atoms with E-state index in [9.17, 15) is 13.6 Å². The van der Waals surface area contributed by atoms with Gasteiger partial charge in [-0.3, -0.25) is 4.98 Å². The highest BCUT2D eigenvalue weighted by Gasteiger charge is 2.44. The Morgan fingerprint density at radius 3 is 2.44 bits per heavy atom. The number of halogens is 2. The molecule has 0 aliphatic rings. The molecule has 3 nitrogen and oxygen atoms in total. The van der Waals surface area contributed by atoms with Gasteiger partial charge in [0.15, 0.2) is 0 Å². The predicted octanol–water partition coefficient (Wildman–Crippen LogP) is 2.52. The monoisotopic (exact) mass is 229 g/mol. The van der Waals surface area contributed by atoms with Crippen LogP contribution in [0.4, 0.5) is 8.78 Å². The highest BCUT2D eigenvalue weighted by atomic mass is 19.3. The third-order valence-electron chi connectivity index (χ3n) is 1.68. The lowest BCUT2D eigenvalue weighted by molar-refractivity contribution is -0.185. The molecule has 0 amide bonds. The molecular formula is C11H13F2NO2. The van der Waals surface area contributed by atoms with Gasteiger partial charge in [0.2, 0.25) is 0 Å². The van der Waals surface area contributed by atoms with Crippen molar-refractivity contribution in [1.29, 1.82) is 0 Å². The van der Waals surface area contributed by atoms with E-state index in [0.717, 1.165) is 12.3 Å². The minimum Gasteiger partial charge on any atom is -0.455 e. The number of carbonyl (C=O) groups excluding carboxylic acids is 1. The van der Waals surface area contributed by atoms with Crippen LogP contribution >= 0.6 is 0 Å². The van der Waals surface area contributed by atoms with Crippen LogP contribution in [0.5, 0.6) is 0 Å². The average Bonchev–Trinajstić information content (AvgIpc) is 2.16. The fourth-order valence-electron chi connectivity index (χ4n) is 1.01. The Morgan fingerprint density at radius 2 is 2.00 bits per heavy atom. The van der Waals surface area contributed by atoms with Crippen LogP contribution in [-0.4, -0.2) is 16.6 Å². The van der Waals surface area contributed by atoms with Crippen LogP contribution in [0.25, 0.3) is 0 Å². The first-order valence-electron chi connectivity index (χ1n) is 4.75. The molecule has 0 aliphatic carbocycles. The zero-order chi connectivity index (χ0) is 12.4. The van der Waals surface area contributed by atoms with Crippen molar-refractivity contribution in [2.24, 2.45) is 0 Å². The second-order valence-electron chi connectivity index (χ2n) is 4.32. The number of rotatable bonds is 2. The van der Waals surface area contributed by atoms with Gasteiger partial charge in [-0.1, -0.05) is 0 Å². The fraction of sp³-hybridized carbons (Fsp3) is 0.455. The molecule has 0 aromatic carbocycles. The van der Waals surface area contributed by atoms with Crippen LogP contribution in [0.3, 0.4) is 0 Å². The van der Waals surface area contributed by atoms with E-state index >= 15 is 0 Å². The zero-order valence-electron chi connectivity index (χ0n) is 9.33. The van der Waals surface area contributed by atoms with E-state index < -0.39 is 23.1 Å². The summed E-state index contributed by atoms with van der Waals surface area (Å²) in [7, 11) is 0. The molecule has 88 valence electrons. The van der Waals surface area contributed by atoms with Crippen molar-refractivity contribution < 1.29 is 18.3 Å². The maximum Gasteiger partial charge on any atom is 0.382 e. The number of hydrogen-bond acceptors (Lipinski definition) is 3. The summed E-state index contributed by atoms with van der Waals surface area (Å²) in [5.74, 6) is -5.23. The lowest BCUT2D eigenvalue weighted by Crippen LogP contribution is -2.34. The summed E-state index contributed by atoms with van der Waals surface area (Å²) in [5.41, 5.74) is -1.41. The topological polar surface area (TPSA) is 39.2 Å². The van der Waals surface area contributed by atoms with Crippen LogP contribution in [0.2, 0.25) is 0 Å². The van der Waals surface area contributed by atoms with Gasteiger partial charge in [-0.25, -0.2) is 4.79 Å². The molecule has 0 N–H and O–H groups in total. The molecule has 1 heterocycles. The summed E-state index contributed by atoms with van der Waals surface area (Å²) >= 11 is 0. The normalized spacial score (nSPS) is 12.3. The standard InChI is InChI=1S/C11H13F2NO2/c1-10(2,3)16-9(15)11(12,13)8-5-4-6-14-7-8/h4-7H,1-3H3. The summed E-state index contributed by atoms with van der Waals surface area (Å²) < 4.78 is 31.8. The third kappa shape index (κ3) is 2.98. The summed E-state index contributed by atoms with van der Waals surface area (Å²) in [6.45, 7) is 4.60. The minimum absolute atomic E-state index is 0.468. The van der Waals surface area contributed by atoms with Gasteiger partial charge < -0.3 is 4.74 Å². The van der Waals surface area contributed by atoms with Crippen molar-refractivity contribution >= 4 is 5.97 Å². The van der Waals surface area contributed by atoms with Crippen molar-refractivity contribution in [3.63, 3.8) is 0 Å². The molecule has 1 rings (SSSR count). The number of aromatic nitrogens is 1. The van der Waals surface area contributed by atoms with Crippen LogP contribution < -0.4 is 0 Å². The molecule has 0 saturated heterocycles. The average molecular weight is 229 g/mol. The number of esters is 1. The van der Waals surface area contributed by atoms with Gasteiger partial charge in [-0.05, 0) is 32.9 Å². The van der Waals surface area contributed by atoms with E-state index in [0.29, 0.717) is 0 Å². The van der Waals surface area contributed by atoms with E-state index in [2.05, 4.69) is 9.72 Å². The molecule has 1 aromatic rings. The minimum atomic E-state index is -3.67. The summed E-state index contributed by atoms with van der Waals surface area (Å²) in [6, 6.07) is 2.48. The van der Waals surface area contributed by atoms with Gasteiger partial charge in [-0.15, -0.1) is 0 Å². The van der Waals surface area contributed by atoms with Crippen LogP contribution in [-0.2, 0) is 15.5 Å². The van der Waals surface area contributed by atoms with Gasteiger partial charge in [0, 0.05) is 12.4 Å². The number of pyridine rings is 1. The first-order valence-corrected chi connectivity index (χ1v) is 4.75. The van der Waals surface area contributed by atoms with Gasteiger partial charge in [0.25, 0.3) is 0 Å². The highest BCUT2D eigenvalue weighted by molar-refractivity contribution is 5.79. The lowest BCUT2D eigenvalue weighted by atomic mass is 10.1. The van der Waals surface area contributed by atoms with Crippen LogP contribution in [0.15, 0.2) is 24.5 Å². The van der Waals surface area contributed by atoms with E-state index in [4.69, 9.17) is 0 Å². The van der Waals surface area contributed by atoms with E-state index in [1.54, 1.807) is 0 Å². The third-order valence-corrected chi connectivity index (χ3v) is 1.68. The van der Waals surface area contributed by atoms with Crippen molar-refractivity contribution in [3.8, 4) is 0 Å². The first kappa shape index (κ1) is 12.5. The Hall–Kier alpha value is -1.52. The quantitative estimate of drug-likeness (QED) is 0.731. The fourth-order valence-corrected chi connectivity index (χ4v) is 1.01. The van der Waals surface area contributed by atoms with Crippen LogP contribution in [0.1, 0.15) is 26.3 Å². The van der Waals surface area contributed by atoms with Crippen molar-refractivity contribution in [2.45, 2.75) is 32.3 Å². The molecule has 0 radical (unpaired) electrons. The first-order chi connectivity index (χ1) is 7.23. The maximum absolute atomic E-state index is 13.6. The van der Waals surface area contributed by atoms with Crippen molar-refractivity contribution in [3.05, 3.63) is 30.1 Å². The van der Waals surface area contributed by atoms with Crippen LogP contribution in [0, 0.1) is 0 Å². The Labute approximate surface area is 92.4 Å². The number of alkyl halides is 2. The number of nitrogens with zero attached hydrogens (tertiary/aromatic N) is 1. The molecule has 0 bridgehead atoms. The SMILES string of the molecule is CC(C)(C)OC(=O)C(F)(F)c1cccnc1. The van der Waals surface area contributed by atoms with Gasteiger partial charge >= 0.3 is 11.9 Å². The molecule has 0 unspecified atom stereocenters. The lowest BCUT2D eigenvalue weighted by Gasteiger charge is -2.23. The summed E-state index contributed by atoms with van der Waals surface area (Å²) in [5, 5.41) is 0. The predicted molar refractivity (Wildman–Crippen MR) is 54.0 cm³/mol. The largest absolute Gasteiger partial charge is 0.455 e. The second-order valence-corrected chi connectivity index (χ2v) is 4.32.